The van der Waals surface area contributed by atoms with Gasteiger partial charge in [0.05, 0.1) is 12.6 Å². The number of amides is 1. The van der Waals surface area contributed by atoms with Crippen LogP contribution in [0.25, 0.3) is 0 Å². The van der Waals surface area contributed by atoms with Crippen LogP contribution >= 0.6 is 11.3 Å². The van der Waals surface area contributed by atoms with E-state index in [1.807, 2.05) is 42.6 Å². The van der Waals surface area contributed by atoms with Crippen molar-refractivity contribution in [3.05, 3.63) is 52.5 Å². The zero-order chi connectivity index (χ0) is 13.7. The van der Waals surface area contributed by atoms with Gasteiger partial charge in [-0.05, 0) is 5.56 Å². The average molecular weight is 275 g/mol. The largest absolute Gasteiger partial charge is 0.348 e. The highest BCUT2D eigenvalue weighted by atomic mass is 32.1. The molecule has 0 bridgehead atoms. The van der Waals surface area contributed by atoms with Crippen LogP contribution in [0, 0.1) is 0 Å². The maximum absolute atomic E-state index is 12.0. The molecule has 0 fully saturated rings. The quantitative estimate of drug-likeness (QED) is 0.875. The average Bonchev–Trinajstić information content (AvgIpc) is 2.97. The maximum atomic E-state index is 12.0. The van der Waals surface area contributed by atoms with Crippen LogP contribution in [0.1, 0.15) is 23.4 Å². The molecule has 1 aromatic heterocycles. The standard InChI is InChI=1S/C14H17N3OS/c1-10(11-5-3-2-4-6-11)13(15)14(18)17-9-12-16-7-8-19-12/h2-8,10,13H,9,15H2,1H3,(H,17,18)/t10-,13?/m0/s1. The van der Waals surface area contributed by atoms with Crippen LogP contribution in [-0.2, 0) is 11.3 Å². The highest BCUT2D eigenvalue weighted by Crippen LogP contribution is 2.17. The van der Waals surface area contributed by atoms with Crippen LogP contribution in [0.5, 0.6) is 0 Å². The second kappa shape index (κ2) is 6.45. The number of aromatic nitrogens is 1. The van der Waals surface area contributed by atoms with Crippen molar-refractivity contribution in [1.82, 2.24) is 10.3 Å². The van der Waals surface area contributed by atoms with E-state index in [2.05, 4.69) is 10.3 Å². The van der Waals surface area contributed by atoms with Gasteiger partial charge in [-0.2, -0.15) is 0 Å². The first-order valence-corrected chi connectivity index (χ1v) is 7.03. The summed E-state index contributed by atoms with van der Waals surface area (Å²) in [4.78, 5) is 16.1. The number of nitrogens with zero attached hydrogens (tertiary/aromatic N) is 1. The van der Waals surface area contributed by atoms with Gasteiger partial charge < -0.3 is 11.1 Å². The Labute approximate surface area is 116 Å². The van der Waals surface area contributed by atoms with Crippen molar-refractivity contribution in [1.29, 1.82) is 0 Å². The molecule has 19 heavy (non-hydrogen) atoms. The first-order chi connectivity index (χ1) is 9.18. The summed E-state index contributed by atoms with van der Waals surface area (Å²) in [6.07, 6.45) is 1.72. The molecule has 2 rings (SSSR count). The van der Waals surface area contributed by atoms with Crippen LogP contribution in [0.4, 0.5) is 0 Å². The number of rotatable bonds is 5. The molecule has 5 heteroatoms. The number of benzene rings is 1. The zero-order valence-corrected chi connectivity index (χ0v) is 11.6. The Morgan fingerprint density at radius 3 is 2.79 bits per heavy atom. The third kappa shape index (κ3) is 3.62. The first kappa shape index (κ1) is 13.7. The summed E-state index contributed by atoms with van der Waals surface area (Å²) in [5, 5.41) is 5.58. The molecule has 2 atom stereocenters. The van der Waals surface area contributed by atoms with Crippen molar-refractivity contribution < 1.29 is 4.79 Å². The molecule has 1 aromatic carbocycles. The van der Waals surface area contributed by atoms with E-state index in [1.165, 1.54) is 11.3 Å². The summed E-state index contributed by atoms with van der Waals surface area (Å²) in [7, 11) is 0. The van der Waals surface area contributed by atoms with Gasteiger partial charge in [0.15, 0.2) is 0 Å². The van der Waals surface area contributed by atoms with E-state index in [0.29, 0.717) is 6.54 Å². The second-order valence-electron chi connectivity index (χ2n) is 4.37. The minimum absolute atomic E-state index is 0.0162. The Morgan fingerprint density at radius 2 is 2.16 bits per heavy atom. The molecule has 100 valence electrons. The predicted molar refractivity (Wildman–Crippen MR) is 76.8 cm³/mol. The Bertz CT molecular complexity index is 513. The van der Waals surface area contributed by atoms with Gasteiger partial charge in [-0.25, -0.2) is 4.98 Å². The molecule has 0 spiro atoms. The number of hydrogen-bond donors (Lipinski definition) is 2. The minimum Gasteiger partial charge on any atom is -0.348 e. The highest BCUT2D eigenvalue weighted by molar-refractivity contribution is 7.09. The van der Waals surface area contributed by atoms with Gasteiger partial charge in [0.2, 0.25) is 5.91 Å². The van der Waals surface area contributed by atoms with E-state index in [0.717, 1.165) is 10.6 Å². The van der Waals surface area contributed by atoms with E-state index < -0.39 is 6.04 Å². The van der Waals surface area contributed by atoms with Crippen molar-refractivity contribution in [3.63, 3.8) is 0 Å². The molecule has 1 unspecified atom stereocenters. The Kier molecular flexibility index (Phi) is 4.65. The summed E-state index contributed by atoms with van der Waals surface area (Å²) in [5.41, 5.74) is 7.07. The van der Waals surface area contributed by atoms with Crippen molar-refractivity contribution in [2.45, 2.75) is 25.4 Å². The molecule has 2 aromatic rings. The molecule has 4 nitrogen and oxygen atoms in total. The fourth-order valence-corrected chi connectivity index (χ4v) is 2.37. The Hall–Kier alpha value is -1.72. The smallest absolute Gasteiger partial charge is 0.237 e. The monoisotopic (exact) mass is 275 g/mol. The van der Waals surface area contributed by atoms with Gasteiger partial charge in [-0.1, -0.05) is 37.3 Å². The zero-order valence-electron chi connectivity index (χ0n) is 10.7. The summed E-state index contributed by atoms with van der Waals surface area (Å²) in [6, 6.07) is 9.27. The van der Waals surface area contributed by atoms with E-state index >= 15 is 0 Å². The fraction of sp³-hybridized carbons (Fsp3) is 0.286. The first-order valence-electron chi connectivity index (χ1n) is 6.15. The van der Waals surface area contributed by atoms with E-state index in [4.69, 9.17) is 5.73 Å². The van der Waals surface area contributed by atoms with Gasteiger partial charge in [0, 0.05) is 17.5 Å². The highest BCUT2D eigenvalue weighted by Gasteiger charge is 2.21. The van der Waals surface area contributed by atoms with Crippen LogP contribution in [-0.4, -0.2) is 16.9 Å². The Morgan fingerprint density at radius 1 is 1.42 bits per heavy atom. The Balaban J connectivity index is 1.91. The lowest BCUT2D eigenvalue weighted by molar-refractivity contribution is -0.122. The molecule has 0 radical (unpaired) electrons. The van der Waals surface area contributed by atoms with E-state index in [-0.39, 0.29) is 11.8 Å². The molecule has 0 aliphatic rings. The predicted octanol–water partition coefficient (Wildman–Crippen LogP) is 1.89. The molecular formula is C14H17N3OS. The lowest BCUT2D eigenvalue weighted by atomic mass is 9.93. The third-order valence-electron chi connectivity index (χ3n) is 3.06. The molecule has 0 aliphatic heterocycles. The minimum atomic E-state index is -0.553. The lowest BCUT2D eigenvalue weighted by Gasteiger charge is -2.19. The summed E-state index contributed by atoms with van der Waals surface area (Å²) >= 11 is 1.51. The fourth-order valence-electron chi connectivity index (χ4n) is 1.81. The molecule has 0 aliphatic carbocycles. The van der Waals surface area contributed by atoms with Crippen LogP contribution in [0.15, 0.2) is 41.9 Å². The van der Waals surface area contributed by atoms with Crippen LogP contribution in [0.3, 0.4) is 0 Å². The number of carbonyl (C=O) groups excluding carboxylic acids is 1. The number of carbonyl (C=O) groups is 1. The number of nitrogens with one attached hydrogen (secondary N) is 1. The third-order valence-corrected chi connectivity index (χ3v) is 3.84. The summed E-state index contributed by atoms with van der Waals surface area (Å²) in [6.45, 7) is 2.40. The van der Waals surface area contributed by atoms with Gasteiger partial charge >= 0.3 is 0 Å². The molecule has 0 saturated heterocycles. The number of nitrogens with two attached hydrogens (primary N) is 1. The lowest BCUT2D eigenvalue weighted by Crippen LogP contribution is -2.43. The SMILES string of the molecule is C[C@@H](c1ccccc1)C(N)C(=O)NCc1nccs1. The van der Waals surface area contributed by atoms with Gasteiger partial charge in [0.25, 0.3) is 0 Å². The molecule has 1 amide bonds. The summed E-state index contributed by atoms with van der Waals surface area (Å²) in [5.74, 6) is -0.163. The second-order valence-corrected chi connectivity index (χ2v) is 5.35. The molecule has 0 saturated carbocycles. The number of thiazole rings is 1. The van der Waals surface area contributed by atoms with Crippen molar-refractivity contribution in [3.8, 4) is 0 Å². The molecular weight excluding hydrogens is 258 g/mol. The van der Waals surface area contributed by atoms with E-state index in [1.54, 1.807) is 6.20 Å². The van der Waals surface area contributed by atoms with Gasteiger partial charge in [0.1, 0.15) is 5.01 Å². The normalized spacial score (nSPS) is 13.8. The van der Waals surface area contributed by atoms with Crippen LogP contribution < -0.4 is 11.1 Å². The molecule has 1 heterocycles. The summed E-state index contributed by atoms with van der Waals surface area (Å²) < 4.78 is 0. The topological polar surface area (TPSA) is 68.0 Å². The van der Waals surface area contributed by atoms with Crippen molar-refractivity contribution >= 4 is 17.2 Å². The van der Waals surface area contributed by atoms with E-state index in [9.17, 15) is 4.79 Å². The van der Waals surface area contributed by atoms with Gasteiger partial charge in [-0.3, -0.25) is 4.79 Å². The van der Waals surface area contributed by atoms with Crippen molar-refractivity contribution in [2.24, 2.45) is 5.73 Å². The number of hydrogen-bond acceptors (Lipinski definition) is 4. The van der Waals surface area contributed by atoms with Crippen molar-refractivity contribution in [2.75, 3.05) is 0 Å². The van der Waals surface area contributed by atoms with Crippen LogP contribution in [0.2, 0.25) is 0 Å². The molecule has 3 N–H and O–H groups in total. The maximum Gasteiger partial charge on any atom is 0.237 e. The van der Waals surface area contributed by atoms with Gasteiger partial charge in [-0.15, -0.1) is 11.3 Å².